The minimum Gasteiger partial charge on any atom is -0.311 e. The molecule has 2 aromatic heterocycles. The summed E-state index contributed by atoms with van der Waals surface area (Å²) in [6.07, 6.45) is 0. The molecule has 44 heavy (non-hydrogen) atoms. The molecule has 8 aromatic rings. The van der Waals surface area contributed by atoms with E-state index in [0.29, 0.717) is 16.9 Å². The number of para-hydroxylation sites is 1. The van der Waals surface area contributed by atoms with Crippen LogP contribution in [0.1, 0.15) is 5.56 Å². The molecular weight excluding hydrogens is 538 g/mol. The lowest BCUT2D eigenvalue weighted by molar-refractivity contribution is 1.18. The van der Waals surface area contributed by atoms with E-state index in [1.807, 2.05) is 72.8 Å². The molecular formula is C39H21N5. The van der Waals surface area contributed by atoms with Crippen LogP contribution in [0.25, 0.3) is 75.8 Å². The first-order chi connectivity index (χ1) is 21.7. The zero-order valence-electron chi connectivity index (χ0n) is 23.4. The van der Waals surface area contributed by atoms with E-state index >= 15 is 0 Å². The van der Waals surface area contributed by atoms with Crippen LogP contribution in [0.3, 0.4) is 0 Å². The van der Waals surface area contributed by atoms with Crippen molar-refractivity contribution in [2.75, 3.05) is 0 Å². The first kappa shape index (κ1) is 25.1. The largest absolute Gasteiger partial charge is 0.311 e. The summed E-state index contributed by atoms with van der Waals surface area (Å²) in [6.45, 7) is 15.1. The fourth-order valence-corrected chi connectivity index (χ4v) is 6.39. The third kappa shape index (κ3) is 3.77. The van der Waals surface area contributed by atoms with Gasteiger partial charge in [0.15, 0.2) is 11.4 Å². The summed E-state index contributed by atoms with van der Waals surface area (Å²) in [7, 11) is 0. The van der Waals surface area contributed by atoms with Gasteiger partial charge in [-0.3, -0.25) is 0 Å². The molecule has 0 aliphatic heterocycles. The summed E-state index contributed by atoms with van der Waals surface area (Å²) in [6, 6.07) is 44.8. The van der Waals surface area contributed by atoms with Crippen molar-refractivity contribution in [1.29, 1.82) is 5.26 Å². The number of rotatable bonds is 3. The Kier molecular flexibility index (Phi) is 5.56. The molecule has 0 N–H and O–H groups in total. The second kappa shape index (κ2) is 9.74. The average Bonchev–Trinajstić information content (AvgIpc) is 3.60. The standard InChI is InChI=1S/C39H21N5/c1-41-28-8-6-10-31(22-28)44-38-17-14-27(21-34(38)35-23-29(42-2)15-18-39(35)44)26-7-5-9-30(20-26)43-36-12-4-3-11-32(36)33-19-25(24-40)13-16-37(33)43/h3-23H. The van der Waals surface area contributed by atoms with Crippen LogP contribution in [-0.2, 0) is 0 Å². The highest BCUT2D eigenvalue weighted by Crippen LogP contribution is 2.38. The van der Waals surface area contributed by atoms with Crippen LogP contribution in [0.4, 0.5) is 11.4 Å². The van der Waals surface area contributed by atoms with Crippen molar-refractivity contribution in [3.05, 3.63) is 156 Å². The monoisotopic (exact) mass is 559 g/mol. The van der Waals surface area contributed by atoms with Crippen molar-refractivity contribution in [2.24, 2.45) is 0 Å². The van der Waals surface area contributed by atoms with Crippen molar-refractivity contribution < 1.29 is 0 Å². The minimum atomic E-state index is 0.581. The highest BCUT2D eigenvalue weighted by Gasteiger charge is 2.16. The molecule has 0 atom stereocenters. The molecule has 2 heterocycles. The maximum absolute atomic E-state index is 9.53. The van der Waals surface area contributed by atoms with E-state index in [1.165, 1.54) is 0 Å². The van der Waals surface area contributed by atoms with Crippen molar-refractivity contribution in [3.8, 4) is 28.6 Å². The van der Waals surface area contributed by atoms with Gasteiger partial charge in [-0.25, -0.2) is 9.69 Å². The van der Waals surface area contributed by atoms with Gasteiger partial charge in [0, 0.05) is 27.5 Å². The Morgan fingerprint density at radius 3 is 1.84 bits per heavy atom. The highest BCUT2D eigenvalue weighted by atomic mass is 15.0. The van der Waals surface area contributed by atoms with Crippen LogP contribution >= 0.6 is 0 Å². The zero-order valence-corrected chi connectivity index (χ0v) is 23.4. The second-order valence-electron chi connectivity index (χ2n) is 10.8. The topological polar surface area (TPSA) is 42.4 Å². The molecule has 0 aliphatic rings. The van der Waals surface area contributed by atoms with E-state index in [2.05, 4.69) is 79.5 Å². The quantitative estimate of drug-likeness (QED) is 0.199. The third-order valence-electron chi connectivity index (χ3n) is 8.33. The molecule has 6 aromatic carbocycles. The summed E-state index contributed by atoms with van der Waals surface area (Å²) in [4.78, 5) is 7.34. The van der Waals surface area contributed by atoms with Crippen molar-refractivity contribution in [3.63, 3.8) is 0 Å². The van der Waals surface area contributed by atoms with E-state index in [-0.39, 0.29) is 0 Å². The zero-order chi connectivity index (χ0) is 29.8. The van der Waals surface area contributed by atoms with Crippen molar-refractivity contribution in [1.82, 2.24) is 9.13 Å². The fraction of sp³-hybridized carbons (Fsp3) is 0. The average molecular weight is 560 g/mol. The first-order valence-corrected chi connectivity index (χ1v) is 14.1. The lowest BCUT2D eigenvalue weighted by atomic mass is 10.0. The van der Waals surface area contributed by atoms with Crippen molar-refractivity contribution >= 4 is 55.0 Å². The predicted octanol–water partition coefficient (Wildman–Crippen LogP) is 10.5. The predicted molar refractivity (Wildman–Crippen MR) is 178 cm³/mol. The number of nitriles is 1. The molecule has 0 bridgehead atoms. The van der Waals surface area contributed by atoms with Gasteiger partial charge >= 0.3 is 0 Å². The molecule has 0 amide bonds. The normalized spacial score (nSPS) is 11.1. The van der Waals surface area contributed by atoms with Crippen LogP contribution in [0.15, 0.2) is 127 Å². The summed E-state index contributed by atoms with van der Waals surface area (Å²) in [5.74, 6) is 0. The molecule has 202 valence electrons. The van der Waals surface area contributed by atoms with E-state index in [9.17, 15) is 5.26 Å². The Morgan fingerprint density at radius 1 is 0.477 bits per heavy atom. The van der Waals surface area contributed by atoms with E-state index < -0.39 is 0 Å². The SMILES string of the molecule is [C-]#[N+]c1cccc(-n2c3ccc([N+]#[C-])cc3c3cc(-c4cccc(-n5c6ccccc6c6cc(C#N)ccc65)c4)ccc32)c1. The van der Waals surface area contributed by atoms with Crippen LogP contribution < -0.4 is 0 Å². The second-order valence-corrected chi connectivity index (χ2v) is 10.8. The molecule has 8 rings (SSSR count). The maximum atomic E-state index is 9.53. The molecule has 0 fully saturated rings. The van der Waals surface area contributed by atoms with Gasteiger partial charge in [-0.2, -0.15) is 5.26 Å². The summed E-state index contributed by atoms with van der Waals surface area (Å²) < 4.78 is 4.42. The van der Waals surface area contributed by atoms with Gasteiger partial charge in [-0.15, -0.1) is 0 Å². The fourth-order valence-electron chi connectivity index (χ4n) is 6.39. The number of aromatic nitrogens is 2. The number of fused-ring (bicyclic) bond motifs is 6. The maximum Gasteiger partial charge on any atom is 0.189 e. The van der Waals surface area contributed by atoms with E-state index in [1.54, 1.807) is 0 Å². The Morgan fingerprint density at radius 2 is 1.07 bits per heavy atom. The molecule has 0 unspecified atom stereocenters. The summed E-state index contributed by atoms with van der Waals surface area (Å²) in [5.41, 5.74) is 10.0. The van der Waals surface area contributed by atoms with E-state index in [0.717, 1.165) is 66.1 Å². The van der Waals surface area contributed by atoms with Gasteiger partial charge in [0.1, 0.15) is 0 Å². The number of nitrogens with zero attached hydrogens (tertiary/aromatic N) is 5. The lowest BCUT2D eigenvalue weighted by Crippen LogP contribution is -1.94. The summed E-state index contributed by atoms with van der Waals surface area (Å²) >= 11 is 0. The smallest absolute Gasteiger partial charge is 0.189 e. The first-order valence-electron chi connectivity index (χ1n) is 14.1. The Bertz CT molecular complexity index is 2600. The number of hydrogen-bond acceptors (Lipinski definition) is 1. The van der Waals surface area contributed by atoms with Crippen LogP contribution in [0.2, 0.25) is 0 Å². The molecule has 0 spiro atoms. The van der Waals surface area contributed by atoms with Crippen LogP contribution in [0.5, 0.6) is 0 Å². The van der Waals surface area contributed by atoms with Crippen LogP contribution in [0, 0.1) is 24.5 Å². The number of benzene rings is 6. The van der Waals surface area contributed by atoms with Gasteiger partial charge < -0.3 is 9.13 Å². The minimum absolute atomic E-state index is 0.581. The molecule has 5 heteroatoms. The molecule has 5 nitrogen and oxygen atoms in total. The van der Waals surface area contributed by atoms with Crippen molar-refractivity contribution in [2.45, 2.75) is 0 Å². The molecule has 0 aliphatic carbocycles. The molecule has 0 saturated heterocycles. The van der Waals surface area contributed by atoms with Gasteiger partial charge in [0.2, 0.25) is 0 Å². The van der Waals surface area contributed by atoms with E-state index in [4.69, 9.17) is 13.1 Å². The summed E-state index contributed by atoms with van der Waals surface area (Å²) in [5, 5.41) is 13.7. The third-order valence-corrected chi connectivity index (χ3v) is 8.33. The Hall–Kier alpha value is -6.61. The molecule has 0 radical (unpaired) electrons. The highest BCUT2D eigenvalue weighted by molar-refractivity contribution is 6.12. The Labute approximate surface area is 253 Å². The lowest BCUT2D eigenvalue weighted by Gasteiger charge is -2.11. The van der Waals surface area contributed by atoms with Gasteiger partial charge in [-0.05, 0) is 89.3 Å². The Balaban J connectivity index is 1.34. The van der Waals surface area contributed by atoms with Crippen LogP contribution in [-0.4, -0.2) is 9.13 Å². The molecule has 0 saturated carbocycles. The van der Waals surface area contributed by atoms with Gasteiger partial charge in [0.05, 0.1) is 46.8 Å². The number of hydrogen-bond donors (Lipinski definition) is 0. The van der Waals surface area contributed by atoms with Gasteiger partial charge in [0.25, 0.3) is 0 Å². The van der Waals surface area contributed by atoms with Gasteiger partial charge in [-0.1, -0.05) is 54.6 Å².